The third-order valence-corrected chi connectivity index (χ3v) is 11.6. The molecule has 3 aromatic carbocycles. The van der Waals surface area contributed by atoms with E-state index in [1.54, 1.807) is 64.1 Å². The number of benzene rings is 3. The van der Waals surface area contributed by atoms with E-state index in [0.717, 1.165) is 9.99 Å². The highest BCUT2D eigenvalue weighted by Crippen LogP contribution is 2.25. The van der Waals surface area contributed by atoms with E-state index in [9.17, 15) is 27.6 Å². The maximum absolute atomic E-state index is 14.2. The van der Waals surface area contributed by atoms with Gasteiger partial charge in [-0.2, -0.15) is 0 Å². The van der Waals surface area contributed by atoms with Gasteiger partial charge in [-0.1, -0.05) is 78.0 Å². The fraction of sp³-hybridized carbons (Fsp3) is 0.439. The fourth-order valence-electron chi connectivity index (χ4n) is 6.36. The number of sulfonamides is 1. The molecule has 3 amide bonds. The quantitative estimate of drug-likeness (QED) is 0.0473. The van der Waals surface area contributed by atoms with Crippen LogP contribution in [0.4, 0.5) is 4.79 Å². The van der Waals surface area contributed by atoms with Gasteiger partial charge in [-0.05, 0) is 81.0 Å². The van der Waals surface area contributed by atoms with Crippen LogP contribution in [0.15, 0.2) is 82.1 Å². The molecule has 0 spiro atoms. The highest BCUT2D eigenvalue weighted by Gasteiger charge is 2.41. The predicted molar refractivity (Wildman–Crippen MR) is 222 cm³/mol. The van der Waals surface area contributed by atoms with Crippen LogP contribution >= 0.6 is 22.6 Å². The molecule has 0 saturated carbocycles. The minimum absolute atomic E-state index is 0.0780. The van der Waals surface area contributed by atoms with Gasteiger partial charge in [-0.15, -0.1) is 0 Å². The molecule has 0 bridgehead atoms. The van der Waals surface area contributed by atoms with E-state index in [4.69, 9.17) is 13.9 Å². The molecule has 1 aromatic heterocycles. The Kier molecular flexibility index (Phi) is 15.2. The number of nitrogens with one attached hydrogen (secondary N) is 3. The molecule has 1 aliphatic rings. The molecule has 16 heteroatoms. The third kappa shape index (κ3) is 12.5. The third-order valence-electron chi connectivity index (χ3n) is 9.20. The Hall–Kier alpha value is -4.39. The number of ether oxygens (including phenoxy) is 2. The van der Waals surface area contributed by atoms with E-state index in [1.165, 1.54) is 22.6 Å². The molecule has 2 heterocycles. The van der Waals surface area contributed by atoms with Gasteiger partial charge < -0.3 is 29.4 Å². The molecule has 5 rings (SSSR count). The monoisotopic (exact) mass is 915 g/mol. The van der Waals surface area contributed by atoms with E-state index >= 15 is 0 Å². The van der Waals surface area contributed by atoms with E-state index in [2.05, 4.69) is 42.9 Å². The number of alkyl carbamates (subject to hydrolysis) is 1. The van der Waals surface area contributed by atoms with Gasteiger partial charge in [0, 0.05) is 30.5 Å². The van der Waals surface area contributed by atoms with Gasteiger partial charge in [-0.3, -0.25) is 14.4 Å². The molecule has 0 radical (unpaired) electrons. The standard InChI is InChI=1S/C41H50IN5O9S/c1-5-44-57(52,53)31-19-17-27(18-20-31)22-36(48)47-25-30(54-26-29-15-13-28(24-42)14-16-29)23-34(47)38(50)45-33(11-8-9-21-43-40(51)56-41(2,3)4)37(49)39-46-32-10-6-7-12-35(32)55-39/h6-7,10,12-20,30,33-34,44H,5,8-9,11,21-26H2,1-4H3,(H,43,51)(H,45,50)/t30-,33+,34+/m1/s1. The summed E-state index contributed by atoms with van der Waals surface area (Å²) in [7, 11) is -3.68. The molecule has 1 saturated heterocycles. The first-order valence-corrected chi connectivity index (χ1v) is 22.0. The van der Waals surface area contributed by atoms with Crippen molar-refractivity contribution in [2.45, 2.75) is 99.5 Å². The lowest BCUT2D eigenvalue weighted by molar-refractivity contribution is -0.138. The van der Waals surface area contributed by atoms with E-state index in [0.29, 0.717) is 36.0 Å². The number of rotatable bonds is 18. The number of fused-ring (bicyclic) bond motifs is 1. The van der Waals surface area contributed by atoms with Crippen LogP contribution in [0, 0.1) is 0 Å². The van der Waals surface area contributed by atoms with E-state index in [-0.39, 0.29) is 55.7 Å². The van der Waals surface area contributed by atoms with Crippen molar-refractivity contribution in [3.63, 3.8) is 0 Å². The number of para-hydroxylation sites is 2. The number of carbonyl (C=O) groups is 4. The van der Waals surface area contributed by atoms with Crippen LogP contribution in [0.25, 0.3) is 11.1 Å². The summed E-state index contributed by atoms with van der Waals surface area (Å²) in [4.78, 5) is 60.2. The molecule has 0 aliphatic carbocycles. The van der Waals surface area contributed by atoms with Crippen molar-refractivity contribution in [2.24, 2.45) is 0 Å². The van der Waals surface area contributed by atoms with Gasteiger partial charge in [0.05, 0.1) is 30.1 Å². The number of oxazole rings is 1. The van der Waals surface area contributed by atoms with Crippen LogP contribution in [-0.4, -0.2) is 85.4 Å². The average Bonchev–Trinajstić information content (AvgIpc) is 3.81. The first kappa shape index (κ1) is 43.7. The Bertz CT molecular complexity index is 2090. The normalized spacial score (nSPS) is 16.3. The zero-order chi connectivity index (χ0) is 41.2. The number of aromatic nitrogens is 1. The Labute approximate surface area is 347 Å². The molecule has 3 N–H and O–H groups in total. The lowest BCUT2D eigenvalue weighted by Gasteiger charge is -2.26. The first-order chi connectivity index (χ1) is 27.2. The molecule has 4 aromatic rings. The van der Waals surface area contributed by atoms with Crippen LogP contribution < -0.4 is 15.4 Å². The van der Waals surface area contributed by atoms with Crippen molar-refractivity contribution in [3.8, 4) is 0 Å². The lowest BCUT2D eigenvalue weighted by atomic mass is 10.0. The molecule has 306 valence electrons. The van der Waals surface area contributed by atoms with Gasteiger partial charge in [0.2, 0.25) is 27.6 Å². The van der Waals surface area contributed by atoms with Crippen molar-refractivity contribution < 1.29 is 41.5 Å². The molecule has 1 fully saturated rings. The maximum atomic E-state index is 14.2. The molecule has 3 atom stereocenters. The van der Waals surface area contributed by atoms with Crippen molar-refractivity contribution in [2.75, 3.05) is 19.6 Å². The second-order valence-corrected chi connectivity index (χ2v) is 17.4. The zero-order valence-corrected chi connectivity index (χ0v) is 35.6. The first-order valence-electron chi connectivity index (χ1n) is 19.0. The Balaban J connectivity index is 1.33. The number of nitrogens with zero attached hydrogens (tertiary/aromatic N) is 2. The number of Topliss-reactive ketones (excluding diaryl/α,β-unsaturated/α-hetero) is 1. The topological polar surface area (TPSA) is 186 Å². The fourth-order valence-corrected chi connectivity index (χ4v) is 7.91. The molecule has 57 heavy (non-hydrogen) atoms. The van der Waals surface area contributed by atoms with Crippen LogP contribution in [0.3, 0.4) is 0 Å². The number of ketones is 1. The Morgan fingerprint density at radius 1 is 0.965 bits per heavy atom. The minimum Gasteiger partial charge on any atom is -0.444 e. The van der Waals surface area contributed by atoms with Gasteiger partial charge in [0.25, 0.3) is 5.89 Å². The zero-order valence-electron chi connectivity index (χ0n) is 32.6. The van der Waals surface area contributed by atoms with Crippen molar-refractivity contribution in [1.82, 2.24) is 25.2 Å². The van der Waals surface area contributed by atoms with Crippen LogP contribution in [0.2, 0.25) is 0 Å². The summed E-state index contributed by atoms with van der Waals surface area (Å²) in [6.45, 7) is 7.94. The maximum Gasteiger partial charge on any atom is 0.407 e. The SMILES string of the molecule is CCNS(=O)(=O)c1ccc(CC(=O)N2C[C@H](OCc3ccc(CI)cc3)C[C@H]2C(=O)N[C@@H](CCCCNC(=O)OC(C)(C)C)C(=O)c2nc3ccccc3o2)cc1. The highest BCUT2D eigenvalue weighted by atomic mass is 127. The number of halogens is 1. The highest BCUT2D eigenvalue weighted by molar-refractivity contribution is 14.1. The van der Waals surface area contributed by atoms with Crippen LogP contribution in [0.1, 0.15) is 80.8 Å². The van der Waals surface area contributed by atoms with Crippen LogP contribution in [0.5, 0.6) is 0 Å². The number of unbranched alkanes of at least 4 members (excludes halogenated alkanes) is 1. The average molecular weight is 916 g/mol. The molecule has 0 unspecified atom stereocenters. The largest absolute Gasteiger partial charge is 0.444 e. The lowest BCUT2D eigenvalue weighted by Crippen LogP contribution is -2.51. The van der Waals surface area contributed by atoms with Gasteiger partial charge in [-0.25, -0.2) is 22.9 Å². The van der Waals surface area contributed by atoms with Gasteiger partial charge in [0.15, 0.2) is 5.58 Å². The number of carbonyl (C=O) groups excluding carboxylic acids is 4. The van der Waals surface area contributed by atoms with Gasteiger partial charge in [0.1, 0.15) is 17.2 Å². The van der Waals surface area contributed by atoms with Crippen molar-refractivity contribution in [3.05, 3.63) is 95.4 Å². The second kappa shape index (κ2) is 19.8. The summed E-state index contributed by atoms with van der Waals surface area (Å²) in [6, 6.07) is 19.0. The summed E-state index contributed by atoms with van der Waals surface area (Å²) in [5.41, 5.74) is 2.98. The van der Waals surface area contributed by atoms with E-state index < -0.39 is 51.6 Å². The molecular formula is C41H50IN5O9S. The van der Waals surface area contributed by atoms with E-state index in [1.807, 2.05) is 24.3 Å². The van der Waals surface area contributed by atoms with Crippen LogP contribution in [-0.2, 0) is 46.5 Å². The summed E-state index contributed by atoms with van der Waals surface area (Å²) in [5, 5.41) is 5.61. The van der Waals surface area contributed by atoms with Crippen molar-refractivity contribution in [1.29, 1.82) is 0 Å². The summed E-state index contributed by atoms with van der Waals surface area (Å²) < 4.78 is 45.6. The molecule has 1 aliphatic heterocycles. The molecular weight excluding hydrogens is 865 g/mol. The summed E-state index contributed by atoms with van der Waals surface area (Å²) in [5.74, 6) is -1.56. The minimum atomic E-state index is -3.68. The molecule has 14 nitrogen and oxygen atoms in total. The number of hydrogen-bond donors (Lipinski definition) is 3. The number of amides is 3. The smallest absolute Gasteiger partial charge is 0.407 e. The van der Waals surface area contributed by atoms with Gasteiger partial charge >= 0.3 is 6.09 Å². The Morgan fingerprint density at radius 3 is 2.32 bits per heavy atom. The number of likely N-dealkylation sites (tertiary alicyclic amines) is 1. The summed E-state index contributed by atoms with van der Waals surface area (Å²) in [6.07, 6.45) is 0.204. The second-order valence-electron chi connectivity index (χ2n) is 14.8. The number of hydrogen-bond acceptors (Lipinski definition) is 10. The number of alkyl halides is 1. The van der Waals surface area contributed by atoms with Crippen molar-refractivity contribution >= 4 is 67.4 Å². The Morgan fingerprint density at radius 2 is 1.65 bits per heavy atom. The predicted octanol–water partition coefficient (Wildman–Crippen LogP) is 5.85. The summed E-state index contributed by atoms with van der Waals surface area (Å²) >= 11 is 2.30.